The number of fused-ring (bicyclic) bond motifs is 4. The van der Waals surface area contributed by atoms with Gasteiger partial charge in [-0.1, -0.05) is 88.1 Å². The van der Waals surface area contributed by atoms with Crippen molar-refractivity contribution in [2.24, 2.45) is 22.9 Å². The second-order valence-corrected chi connectivity index (χ2v) is 35.6. The molecule has 43 nitrogen and oxygen atoms in total. The van der Waals surface area contributed by atoms with E-state index in [0.717, 1.165) is 31.4 Å². The molecular weight excluding hydrogens is 1780 g/mol. The zero-order chi connectivity index (χ0) is 99.0. The smallest absolute Gasteiger partial charge is 0.305 e. The Bertz CT molecular complexity index is 5150. The molecule has 44 heteroatoms. The number of likely N-dealkylation sites (N-methyl/N-ethyl adjacent to an activating group) is 3. The molecule has 3 aliphatic rings. The molecule has 9 rings (SSSR count). The number of carboxylic acids is 1. The van der Waals surface area contributed by atoms with Gasteiger partial charge in [0.2, 0.25) is 94.5 Å². The van der Waals surface area contributed by atoms with Gasteiger partial charge in [-0.3, -0.25) is 81.5 Å². The first-order chi connectivity index (χ1) is 65.1. The average molecular weight is 1910 g/mol. The highest BCUT2D eigenvalue weighted by Gasteiger charge is 2.47. The Balaban J connectivity index is 1.11. The molecule has 740 valence electrons. The number of hydrogen-bond donors (Lipinski definition) is 19. The Hall–Kier alpha value is -13.1. The van der Waals surface area contributed by atoms with Gasteiger partial charge >= 0.3 is 5.97 Å². The first-order valence-electron chi connectivity index (χ1n) is 46.1. The summed E-state index contributed by atoms with van der Waals surface area (Å²) in [7, 11) is 5.43. The summed E-state index contributed by atoms with van der Waals surface area (Å²) >= 11 is 0.815. The van der Waals surface area contributed by atoms with E-state index in [-0.39, 0.29) is 115 Å². The van der Waals surface area contributed by atoms with E-state index in [1.807, 2.05) is 13.8 Å². The van der Waals surface area contributed by atoms with E-state index in [2.05, 4.69) is 73.1 Å². The van der Waals surface area contributed by atoms with E-state index >= 15 is 38.4 Å². The lowest BCUT2D eigenvalue weighted by Gasteiger charge is -2.36. The number of aliphatic hydroxyl groups is 1. The minimum atomic E-state index is -2.04. The highest BCUT2D eigenvalue weighted by Crippen LogP contribution is 2.28. The molecule has 3 aromatic carbocycles. The molecule has 0 spiro atoms. The number of unbranched alkanes of at least 4 members (excludes halogenated alkanes) is 3. The minimum Gasteiger partial charge on any atom is -0.497 e. The number of benzene rings is 3. The molecule has 3 fully saturated rings. The normalized spacial score (nSPS) is 24.7. The van der Waals surface area contributed by atoms with Crippen molar-refractivity contribution in [3.8, 4) is 5.75 Å². The Kier molecular flexibility index (Phi) is 40.9. The quantitative estimate of drug-likeness (QED) is 0.0223. The van der Waals surface area contributed by atoms with Crippen LogP contribution in [-0.2, 0) is 107 Å². The predicted octanol–water partition coefficient (Wildman–Crippen LogP) is -2.11. The number of aromatic nitrogens is 4. The van der Waals surface area contributed by atoms with Crippen LogP contribution in [0.1, 0.15) is 146 Å². The van der Waals surface area contributed by atoms with Gasteiger partial charge in [0, 0.05) is 118 Å². The van der Waals surface area contributed by atoms with E-state index < -0.39 is 223 Å². The number of primary amides is 1. The molecule has 15 atom stereocenters. The van der Waals surface area contributed by atoms with Crippen LogP contribution in [0.15, 0.2) is 97.7 Å². The molecule has 0 bridgehead atoms. The van der Waals surface area contributed by atoms with E-state index in [9.17, 15) is 53.4 Å². The van der Waals surface area contributed by atoms with Crippen molar-refractivity contribution < 1.29 is 96.5 Å². The summed E-state index contributed by atoms with van der Waals surface area (Å²) in [4.78, 5) is 270. The van der Waals surface area contributed by atoms with Crippen molar-refractivity contribution in [2.45, 2.75) is 240 Å². The lowest BCUT2D eigenvalue weighted by atomic mass is 9.99. The first kappa shape index (κ1) is 107. The minimum absolute atomic E-state index is 0.00140. The van der Waals surface area contributed by atoms with Gasteiger partial charge in [0.15, 0.2) is 0 Å². The number of hydrogen-bond acceptors (Lipinski definition) is 24. The topological polar surface area (TPSA) is 641 Å². The van der Waals surface area contributed by atoms with Crippen molar-refractivity contribution in [1.29, 1.82) is 0 Å². The maximum Gasteiger partial charge on any atom is 0.305 e. The zero-order valence-electron chi connectivity index (χ0n) is 77.8. The summed E-state index contributed by atoms with van der Waals surface area (Å²) in [5, 5.41) is 50.1. The number of methoxy groups -OCH3 is 1. The molecule has 0 aliphatic carbocycles. The summed E-state index contributed by atoms with van der Waals surface area (Å²) in [6, 6.07) is -0.830. The molecule has 6 aromatic rings. The van der Waals surface area contributed by atoms with E-state index in [1.165, 1.54) is 52.6 Å². The first-order valence-corrected chi connectivity index (χ1v) is 47.3. The zero-order valence-corrected chi connectivity index (χ0v) is 78.7. The van der Waals surface area contributed by atoms with Gasteiger partial charge in [-0.05, 0) is 132 Å². The molecule has 3 aromatic heterocycles. The molecule has 6 heterocycles. The maximum atomic E-state index is 15.8. The van der Waals surface area contributed by atoms with Crippen LogP contribution in [-0.4, -0.2) is 325 Å². The van der Waals surface area contributed by atoms with Crippen LogP contribution in [0.4, 0.5) is 0 Å². The van der Waals surface area contributed by atoms with Crippen molar-refractivity contribution >= 4 is 134 Å². The fourth-order valence-corrected chi connectivity index (χ4v) is 17.8. The number of imidazole rings is 1. The number of aliphatic carboxylic acids is 1. The number of aromatic amines is 3. The lowest BCUT2D eigenvalue weighted by Crippen LogP contribution is -2.61. The number of para-hydroxylation sites is 2. The Morgan fingerprint density at radius 3 is 1.65 bits per heavy atom. The molecule has 3 aliphatic heterocycles. The average Bonchev–Trinajstić information content (AvgIpc) is 1.60. The number of nitrogens with one attached hydrogen (secondary N) is 13. The number of carboxylic acid groups (broad SMARTS) is 1. The van der Waals surface area contributed by atoms with Crippen molar-refractivity contribution in [3.05, 3.63) is 120 Å². The van der Waals surface area contributed by atoms with Crippen molar-refractivity contribution in [3.63, 3.8) is 0 Å². The van der Waals surface area contributed by atoms with Gasteiger partial charge in [0.25, 0.3) is 0 Å². The van der Waals surface area contributed by atoms with Gasteiger partial charge in [-0.2, -0.15) is 0 Å². The number of H-pyrrole nitrogens is 3. The van der Waals surface area contributed by atoms with Gasteiger partial charge in [0.05, 0.1) is 38.3 Å². The molecule has 136 heavy (non-hydrogen) atoms. The lowest BCUT2D eigenvalue weighted by molar-refractivity contribution is -0.149. The highest BCUT2D eigenvalue weighted by atomic mass is 32.2. The molecule has 23 N–H and O–H groups in total. The number of carbonyl (C=O) groups excluding carboxylic acids is 16. The maximum absolute atomic E-state index is 15.8. The fraction of sp³-hybridized carbons (Fsp3) is 0.543. The molecular formula is C92H131N23O20S. The molecule has 3 saturated heterocycles. The van der Waals surface area contributed by atoms with Crippen molar-refractivity contribution in [1.82, 2.24) is 97.6 Å². The standard InChI is InChI=1S/C92H131N23O20S/c1-8-10-26-72-85(127)103-63(25-18-35-94)81(123)110-71(80(122)100-47-76(96)117)49-136-50-77(118)102-69(38-53-29-31-58(135-7)32-30-53)88(130)111(4)52(3)79(121)104-65(33-36-95)90(132)114-37-19-28-73(114)86(128)108-67(41-56-46-97-51-101-56)83(125)105-64(24-16-17-34-93)91(133)115-48-57(116)42-75(115)87(129)107-66(39-54-44-98-61-22-14-12-20-59(54)61)82(124)106-68(43-78(119)120)84(126)109-70(40-55-45-99-62-23-15-13-21-60(55)62)89(131)113(6)74(27-11-9-2)92(134)112(72)5/h12-15,20-23,29-32,44-46,51-52,57,63-75,98-99,116H,8-11,16-19,24-28,33-43,47-50,93-95H2,1-7H3,(H2,96,117)(H,97,101)(H,100,122)(H,102,118)(H,103,127)(H,104,121)(H,105,125)(H,106,124)(H,107,129)(H,108,128)(H,109,126)(H,110,123)(H,119,120)/t52-,57+,63?,64-,65-,66-,67-,68-,69?,70-,71-,72-,73-,74-,75-/m0/s1. The largest absolute Gasteiger partial charge is 0.497 e. The number of thioether (sulfide) groups is 1. The third-order valence-corrected chi connectivity index (χ3v) is 25.8. The van der Waals surface area contributed by atoms with E-state index in [1.54, 1.807) is 85.2 Å². The summed E-state index contributed by atoms with van der Waals surface area (Å²) in [6.07, 6.45) is 4.05. The number of nitrogens with two attached hydrogens (primary N) is 4. The third-order valence-electron chi connectivity index (χ3n) is 24.7. The monoisotopic (exact) mass is 1910 g/mol. The summed E-state index contributed by atoms with van der Waals surface area (Å²) in [5.74, 6) is -16.5. The van der Waals surface area contributed by atoms with Crippen LogP contribution in [0.25, 0.3) is 21.8 Å². The van der Waals surface area contributed by atoms with Crippen LogP contribution >= 0.6 is 11.8 Å². The van der Waals surface area contributed by atoms with Crippen molar-refractivity contribution in [2.75, 3.05) is 79.0 Å². The number of amides is 16. The Morgan fingerprint density at radius 2 is 1.05 bits per heavy atom. The predicted molar refractivity (Wildman–Crippen MR) is 502 cm³/mol. The van der Waals surface area contributed by atoms with E-state index in [4.69, 9.17) is 27.7 Å². The molecule has 0 radical (unpaired) electrons. The summed E-state index contributed by atoms with van der Waals surface area (Å²) < 4.78 is 5.36. The van der Waals surface area contributed by atoms with Gasteiger partial charge in [-0.15, -0.1) is 11.8 Å². The third kappa shape index (κ3) is 29.5. The molecule has 16 amide bonds. The second-order valence-electron chi connectivity index (χ2n) is 34.6. The number of nitrogens with zero attached hydrogens (tertiary/aromatic N) is 6. The summed E-state index contributed by atoms with van der Waals surface area (Å²) in [5.41, 5.74) is 26.6. The number of rotatable bonds is 29. The molecule has 2 unspecified atom stereocenters. The number of ether oxygens (including phenoxy) is 1. The van der Waals surface area contributed by atoms with Gasteiger partial charge in [0.1, 0.15) is 90.3 Å². The van der Waals surface area contributed by atoms with Gasteiger partial charge < -0.3 is 131 Å². The Labute approximate surface area is 791 Å². The molecule has 0 saturated carbocycles. The van der Waals surface area contributed by atoms with Crippen LogP contribution in [0, 0.1) is 0 Å². The van der Waals surface area contributed by atoms with Gasteiger partial charge in [-0.25, -0.2) is 4.98 Å². The Morgan fingerprint density at radius 1 is 0.522 bits per heavy atom. The second kappa shape index (κ2) is 52.1. The number of carbonyl (C=O) groups is 17. The highest BCUT2D eigenvalue weighted by molar-refractivity contribution is 8.00. The summed E-state index contributed by atoms with van der Waals surface area (Å²) in [6.45, 7) is 3.85. The van der Waals surface area contributed by atoms with Crippen LogP contribution in [0.2, 0.25) is 0 Å². The van der Waals surface area contributed by atoms with Crippen LogP contribution < -0.4 is 80.8 Å². The SMILES string of the molecule is CCCC[C@H]1C(=O)N(C)[C@@H](CCCC)C(=O)NC(CCCN)C(=O)N[C@H](C(=O)NCC(N)=O)CSCC(=O)NC(Cc2ccc(OC)cc2)C(=O)N(C)[C@@H](C)C(=O)N[C@@H](CCN)C(=O)N2CCC[C@H]2C(=O)N[C@@H](Cc2cnc[nH]2)C(=O)N[C@@H](CCCCN)C(=O)N2C[C@H](O)C[C@H]2C(=O)N[C@@H](Cc2c[nH]c3ccccc23)C(=O)N[C@@H](CC(=O)O)C(=O)N[C@@H](Cc2c[nH]c3ccccc23)C(=O)N1C. The van der Waals surface area contributed by atoms with Crippen LogP contribution in [0.3, 0.4) is 0 Å². The van der Waals surface area contributed by atoms with Crippen LogP contribution in [0.5, 0.6) is 5.75 Å². The number of aliphatic hydroxyl groups excluding tert-OH is 1. The van der Waals surface area contributed by atoms with E-state index in [0.29, 0.717) is 82.0 Å². The fourth-order valence-electron chi connectivity index (χ4n) is 17.0.